The maximum Gasteiger partial charge on any atom is 0.330 e. The summed E-state index contributed by atoms with van der Waals surface area (Å²) in [4.78, 5) is 28.4. The first-order valence-corrected chi connectivity index (χ1v) is 14.7. The van der Waals surface area contributed by atoms with Crippen LogP contribution in [-0.4, -0.2) is 57.9 Å². The van der Waals surface area contributed by atoms with Gasteiger partial charge in [0.25, 0.3) is 5.56 Å². The van der Waals surface area contributed by atoms with Crippen LogP contribution < -0.4 is 21.6 Å². The summed E-state index contributed by atoms with van der Waals surface area (Å²) < 4.78 is 7.84. The van der Waals surface area contributed by atoms with Crippen LogP contribution in [0.5, 0.6) is 0 Å². The van der Waals surface area contributed by atoms with Gasteiger partial charge in [-0.2, -0.15) is 0 Å². The third-order valence-corrected chi connectivity index (χ3v) is 13.0. The Hall–Kier alpha value is -2.82. The summed E-state index contributed by atoms with van der Waals surface area (Å²) in [5.41, 5.74) is -0.880. The van der Waals surface area contributed by atoms with Crippen molar-refractivity contribution in [2.75, 3.05) is 6.61 Å². The van der Waals surface area contributed by atoms with E-state index in [1.807, 2.05) is 60.7 Å². The monoisotopic (exact) mass is 510 g/mol. The molecule has 0 amide bonds. The Morgan fingerprint density at radius 2 is 1.58 bits per heavy atom. The molecule has 0 aliphatic carbocycles. The van der Waals surface area contributed by atoms with Gasteiger partial charge in [-0.3, -0.25) is 14.3 Å². The van der Waals surface area contributed by atoms with Crippen molar-refractivity contribution < 1.29 is 20.1 Å². The average molecular weight is 511 g/mol. The van der Waals surface area contributed by atoms with Crippen molar-refractivity contribution in [1.82, 2.24) is 9.55 Å². The highest BCUT2D eigenvalue weighted by Crippen LogP contribution is 2.44. The summed E-state index contributed by atoms with van der Waals surface area (Å²) in [6.45, 7) is 3.33. The standard InChI is InChI=1S/C27H34N2O6Si/c1-3-5-16-36(20-12-8-6-9-13-20,21-14-10-7-11-15-21)27(24(32)23(31)22(18-30)35-27)29-17-19(4-2)25(33)28-26(29)34/h6-15,17,22-24,30-32H,3-5,16,18H2,1-2H3,(H,28,33,34)/t22-,23-,24-,27+/m1/s1. The van der Waals surface area contributed by atoms with E-state index in [4.69, 9.17) is 4.74 Å². The molecule has 1 fully saturated rings. The molecular weight excluding hydrogens is 476 g/mol. The number of hydrogen-bond acceptors (Lipinski definition) is 6. The Balaban J connectivity index is 2.21. The van der Waals surface area contributed by atoms with E-state index in [2.05, 4.69) is 11.9 Å². The molecule has 4 atom stereocenters. The molecule has 2 heterocycles. The molecule has 4 N–H and O–H groups in total. The predicted octanol–water partition coefficient (Wildman–Crippen LogP) is 0.467. The summed E-state index contributed by atoms with van der Waals surface area (Å²) in [5, 5.41) is 33.2. The Morgan fingerprint density at radius 1 is 1.00 bits per heavy atom. The largest absolute Gasteiger partial charge is 0.394 e. The maximum atomic E-state index is 13.5. The zero-order valence-corrected chi connectivity index (χ0v) is 21.6. The molecule has 0 saturated carbocycles. The highest BCUT2D eigenvalue weighted by atomic mass is 28.3. The van der Waals surface area contributed by atoms with Gasteiger partial charge in [-0.1, -0.05) is 87.4 Å². The number of aryl methyl sites for hydroxylation is 1. The first kappa shape index (κ1) is 26.2. The van der Waals surface area contributed by atoms with E-state index in [0.29, 0.717) is 18.0 Å². The van der Waals surface area contributed by atoms with Crippen molar-refractivity contribution in [3.63, 3.8) is 0 Å². The van der Waals surface area contributed by atoms with E-state index < -0.39 is 49.6 Å². The minimum absolute atomic E-state index is 0.353. The van der Waals surface area contributed by atoms with Gasteiger partial charge in [0.05, 0.1) is 6.61 Å². The second-order valence-corrected chi connectivity index (χ2v) is 13.5. The van der Waals surface area contributed by atoms with E-state index in [1.165, 1.54) is 10.8 Å². The van der Waals surface area contributed by atoms with E-state index >= 15 is 0 Å². The lowest BCUT2D eigenvalue weighted by molar-refractivity contribution is -0.0962. The van der Waals surface area contributed by atoms with Gasteiger partial charge in [-0.25, -0.2) is 4.79 Å². The molecule has 0 radical (unpaired) electrons. The number of aliphatic hydroxyl groups excluding tert-OH is 3. The lowest BCUT2D eigenvalue weighted by Crippen LogP contribution is -2.78. The maximum absolute atomic E-state index is 13.5. The molecule has 36 heavy (non-hydrogen) atoms. The first-order chi connectivity index (χ1) is 17.4. The number of ether oxygens (including phenoxy) is 1. The van der Waals surface area contributed by atoms with Crippen LogP contribution in [0.2, 0.25) is 6.04 Å². The van der Waals surface area contributed by atoms with E-state index in [-0.39, 0.29) is 0 Å². The SMILES string of the molecule is CCCC[Si](c1ccccc1)(c1ccccc1)[C@@]1(n2cc(CC)c(=O)[nH]c2=O)O[C@H](CO)[C@@H](O)[C@H]1O. The number of H-pyrrole nitrogens is 1. The fourth-order valence-corrected chi connectivity index (χ4v) is 11.8. The summed E-state index contributed by atoms with van der Waals surface area (Å²) in [6.07, 6.45) is -0.680. The fraction of sp³-hybridized carbons (Fsp3) is 0.407. The lowest BCUT2D eigenvalue weighted by Gasteiger charge is -2.49. The fourth-order valence-electron chi connectivity index (χ4n) is 5.65. The summed E-state index contributed by atoms with van der Waals surface area (Å²) in [6, 6.07) is 19.9. The first-order valence-electron chi connectivity index (χ1n) is 12.5. The van der Waals surface area contributed by atoms with Gasteiger partial charge in [-0.15, -0.1) is 0 Å². The molecule has 1 aliphatic rings. The molecule has 1 aromatic heterocycles. The highest BCUT2D eigenvalue weighted by molar-refractivity contribution is 7.03. The smallest absolute Gasteiger partial charge is 0.330 e. The molecule has 1 aliphatic heterocycles. The van der Waals surface area contributed by atoms with Crippen molar-refractivity contribution >= 4 is 18.4 Å². The molecule has 9 heteroatoms. The van der Waals surface area contributed by atoms with Crippen molar-refractivity contribution in [2.24, 2.45) is 0 Å². The van der Waals surface area contributed by atoms with Crippen LogP contribution in [0, 0.1) is 0 Å². The van der Waals surface area contributed by atoms with Crippen molar-refractivity contribution in [3.8, 4) is 0 Å². The predicted molar refractivity (Wildman–Crippen MR) is 140 cm³/mol. The van der Waals surface area contributed by atoms with Crippen molar-refractivity contribution in [1.29, 1.82) is 0 Å². The van der Waals surface area contributed by atoms with Crippen molar-refractivity contribution in [2.45, 2.75) is 62.8 Å². The Bertz CT molecular complexity index is 1240. The minimum atomic E-state index is -3.38. The van der Waals surface area contributed by atoms with Crippen LogP contribution in [-0.2, 0) is 16.5 Å². The third-order valence-electron chi connectivity index (χ3n) is 7.42. The molecule has 2 aromatic carbocycles. The third kappa shape index (κ3) is 4.01. The van der Waals surface area contributed by atoms with Gasteiger partial charge in [0.15, 0.2) is 13.4 Å². The second kappa shape index (κ2) is 10.7. The quantitative estimate of drug-likeness (QED) is 0.310. The average Bonchev–Trinajstić information content (AvgIpc) is 3.16. The van der Waals surface area contributed by atoms with E-state index in [1.54, 1.807) is 6.92 Å². The Kier molecular flexibility index (Phi) is 7.77. The molecule has 1 saturated heterocycles. The zero-order valence-electron chi connectivity index (χ0n) is 20.6. The highest BCUT2D eigenvalue weighted by Gasteiger charge is 2.68. The van der Waals surface area contributed by atoms with Gasteiger partial charge in [0.2, 0.25) is 0 Å². The number of rotatable bonds is 9. The lowest BCUT2D eigenvalue weighted by atomic mass is 10.1. The second-order valence-electron chi connectivity index (χ2n) is 9.35. The van der Waals surface area contributed by atoms with Crippen LogP contribution in [0.3, 0.4) is 0 Å². The number of aromatic amines is 1. The summed E-state index contributed by atoms with van der Waals surface area (Å²) in [7, 11) is -3.38. The molecule has 4 rings (SSSR count). The number of hydrogen-bond donors (Lipinski definition) is 4. The van der Waals surface area contributed by atoms with Gasteiger partial charge < -0.3 is 20.1 Å². The number of aromatic nitrogens is 2. The van der Waals surface area contributed by atoms with Crippen LogP contribution in [0.1, 0.15) is 32.3 Å². The summed E-state index contributed by atoms with van der Waals surface area (Å²) >= 11 is 0. The normalized spacial score (nSPS) is 24.2. The van der Waals surface area contributed by atoms with Gasteiger partial charge >= 0.3 is 5.69 Å². The Labute approximate surface area is 210 Å². The topological polar surface area (TPSA) is 125 Å². The van der Waals surface area contributed by atoms with E-state index in [0.717, 1.165) is 23.2 Å². The summed E-state index contributed by atoms with van der Waals surface area (Å²) in [5.74, 6) is 0. The van der Waals surface area contributed by atoms with Crippen LogP contribution >= 0.6 is 0 Å². The Morgan fingerprint density at radius 3 is 2.06 bits per heavy atom. The molecule has 8 nitrogen and oxygen atoms in total. The number of nitrogens with one attached hydrogen (secondary N) is 1. The number of nitrogens with zero attached hydrogens (tertiary/aromatic N) is 1. The van der Waals surface area contributed by atoms with E-state index in [9.17, 15) is 24.9 Å². The molecule has 0 bridgehead atoms. The molecule has 0 unspecified atom stereocenters. The number of aliphatic hydroxyl groups is 3. The minimum Gasteiger partial charge on any atom is -0.394 e. The zero-order chi connectivity index (χ0) is 25.9. The van der Waals surface area contributed by atoms with Gasteiger partial charge in [-0.05, 0) is 22.8 Å². The molecule has 192 valence electrons. The van der Waals surface area contributed by atoms with Gasteiger partial charge in [0.1, 0.15) is 18.3 Å². The van der Waals surface area contributed by atoms with Gasteiger partial charge in [0, 0.05) is 11.8 Å². The van der Waals surface area contributed by atoms with Crippen LogP contribution in [0.4, 0.5) is 0 Å². The van der Waals surface area contributed by atoms with Crippen molar-refractivity contribution in [3.05, 3.63) is 93.3 Å². The number of unbranched alkanes of at least 4 members (excludes halogenated alkanes) is 1. The molecule has 0 spiro atoms. The van der Waals surface area contributed by atoms with Crippen LogP contribution in [0.25, 0.3) is 0 Å². The molecular formula is C27H34N2O6Si. The van der Waals surface area contributed by atoms with Crippen LogP contribution in [0.15, 0.2) is 76.4 Å². The molecule has 3 aromatic rings. The number of benzene rings is 2.